The van der Waals surface area contributed by atoms with Crippen molar-refractivity contribution in [3.8, 4) is 0 Å². The second-order valence-electron chi connectivity index (χ2n) is 13.0. The first-order valence-electron chi connectivity index (χ1n) is 17.8. The van der Waals surface area contributed by atoms with Crippen LogP contribution in [0.15, 0.2) is 35.6 Å². The van der Waals surface area contributed by atoms with Crippen LogP contribution in [0.1, 0.15) is 90.5 Å². The van der Waals surface area contributed by atoms with Crippen molar-refractivity contribution >= 4 is 40.2 Å². The number of benzene rings is 1. The Balaban J connectivity index is 0.00000702. The molecule has 0 radical (unpaired) electrons. The minimum atomic E-state index is -1.02. The minimum Gasteiger partial charge on any atom is -0.417 e. The van der Waals surface area contributed by atoms with E-state index in [0.717, 1.165) is 47.9 Å². The molecule has 0 aliphatic carbocycles. The zero-order chi connectivity index (χ0) is 36.0. The SMILES string of the molecule is [CH2+]OOCON=C(CC)CCCCC[C@@H]1NC(=O)[C@H]2CCCCN2C(=O)[C@H](C(C)CC)NC(=O)[C@H](Cc2cn(OC)c3ccccc23)NC1=O.[Na+]. The van der Waals surface area contributed by atoms with Crippen LogP contribution >= 0.6 is 0 Å². The molecular weight excluding hydrogens is 667 g/mol. The summed E-state index contributed by atoms with van der Waals surface area (Å²) in [6.07, 6.45) is 8.58. The Labute approximate surface area is 322 Å². The van der Waals surface area contributed by atoms with Gasteiger partial charge < -0.3 is 30.5 Å². The van der Waals surface area contributed by atoms with Crippen LogP contribution in [0.4, 0.5) is 0 Å². The van der Waals surface area contributed by atoms with Crippen LogP contribution in [0.3, 0.4) is 0 Å². The first-order valence-corrected chi connectivity index (χ1v) is 17.8. The van der Waals surface area contributed by atoms with Gasteiger partial charge >= 0.3 is 29.6 Å². The zero-order valence-electron chi connectivity index (χ0n) is 30.8. The number of aromatic nitrogens is 1. The summed E-state index contributed by atoms with van der Waals surface area (Å²) in [5, 5.41) is 13.9. The molecule has 1 aromatic carbocycles. The summed E-state index contributed by atoms with van der Waals surface area (Å²) in [6.45, 7) is 6.11. The first kappa shape index (κ1) is 42.1. The molecule has 14 nitrogen and oxygen atoms in total. The standard InChI is InChI=1S/C36H52N6O8.Na/c1-6-24(3)32-36(46)41-20-14-13-19-31(41)35(45)37-28(17-10-8-9-15-26(7-2)40-49-23-50-48-5)33(43)38-29(34(44)39-32)21-25-22-42(47-4)30-18-12-11-16-27(25)30;/h11-12,16,18,22,24,28-29,31-32H,5-10,13-15,17,19-21,23H2,1-4H3,(H2-,37,38,39,43,44,45);/q;+1/p+1/t24?,28-,29-,31+,32-;/m0./s1. The van der Waals surface area contributed by atoms with Crippen molar-refractivity contribution in [2.45, 2.75) is 116 Å². The molecule has 0 spiro atoms. The van der Waals surface area contributed by atoms with Gasteiger partial charge in [-0.1, -0.05) is 63.4 Å². The van der Waals surface area contributed by atoms with E-state index < -0.39 is 36.0 Å². The van der Waals surface area contributed by atoms with Gasteiger partial charge in [0.05, 0.1) is 11.2 Å². The van der Waals surface area contributed by atoms with Gasteiger partial charge in [-0.05, 0) is 67.4 Å². The van der Waals surface area contributed by atoms with E-state index >= 15 is 0 Å². The minimum absolute atomic E-state index is 0. The molecule has 2 aliphatic heterocycles. The molecule has 1 unspecified atom stereocenters. The molecule has 2 saturated heterocycles. The van der Waals surface area contributed by atoms with Gasteiger partial charge in [-0.3, -0.25) is 19.2 Å². The summed E-state index contributed by atoms with van der Waals surface area (Å²) >= 11 is 0. The Bertz CT molecular complexity index is 1480. The van der Waals surface area contributed by atoms with Crippen molar-refractivity contribution in [2.75, 3.05) is 20.4 Å². The Hall–Kier alpha value is -3.30. The molecule has 1 aromatic heterocycles. The van der Waals surface area contributed by atoms with Crippen molar-refractivity contribution in [3.05, 3.63) is 43.1 Å². The van der Waals surface area contributed by atoms with Gasteiger partial charge in [0.15, 0.2) is 0 Å². The molecule has 4 rings (SSSR count). The van der Waals surface area contributed by atoms with Crippen molar-refractivity contribution in [2.24, 2.45) is 11.1 Å². The summed E-state index contributed by atoms with van der Waals surface area (Å²) < 4.78 is 1.62. The fourth-order valence-electron chi connectivity index (χ4n) is 6.67. The molecule has 15 heteroatoms. The molecule has 3 N–H and O–H groups in total. The maximum Gasteiger partial charge on any atom is 1.00 e. The van der Waals surface area contributed by atoms with Crippen molar-refractivity contribution in [1.29, 1.82) is 0 Å². The smallest absolute Gasteiger partial charge is 0.417 e. The molecule has 2 fully saturated rings. The third-order valence-electron chi connectivity index (χ3n) is 9.76. The maximum atomic E-state index is 14.1. The van der Waals surface area contributed by atoms with Crippen LogP contribution in [0.25, 0.3) is 10.9 Å². The van der Waals surface area contributed by atoms with Gasteiger partial charge in [-0.15, -0.1) is 4.89 Å². The topological polar surface area (TPSA) is 162 Å². The average molecular weight is 721 g/mol. The van der Waals surface area contributed by atoms with E-state index in [1.165, 1.54) is 0 Å². The first-order chi connectivity index (χ1) is 24.2. The number of nitrogens with one attached hydrogen (secondary N) is 3. The predicted octanol–water partition coefficient (Wildman–Crippen LogP) is 0.572. The van der Waals surface area contributed by atoms with Gasteiger partial charge in [-0.2, -0.15) is 4.73 Å². The van der Waals surface area contributed by atoms with E-state index in [-0.39, 0.29) is 60.5 Å². The fourth-order valence-corrected chi connectivity index (χ4v) is 6.67. The average Bonchev–Trinajstić information content (AvgIpc) is 3.49. The zero-order valence-corrected chi connectivity index (χ0v) is 32.8. The number of oxime groups is 1. The molecular formula is C36H53N6NaO8+2. The summed E-state index contributed by atoms with van der Waals surface area (Å²) in [6, 6.07) is 4.17. The quantitative estimate of drug-likeness (QED) is 0.0432. The van der Waals surface area contributed by atoms with Gasteiger partial charge in [0.2, 0.25) is 23.6 Å². The summed E-state index contributed by atoms with van der Waals surface area (Å²) in [5.41, 5.74) is 2.47. The molecule has 274 valence electrons. The number of unbranched alkanes of at least 4 members (excludes halogenated alkanes) is 2. The molecule has 0 bridgehead atoms. The number of para-hydroxylation sites is 1. The third-order valence-corrected chi connectivity index (χ3v) is 9.76. The van der Waals surface area contributed by atoms with Crippen LogP contribution in [0.2, 0.25) is 0 Å². The summed E-state index contributed by atoms with van der Waals surface area (Å²) in [5.74, 6) is -1.71. The second-order valence-corrected chi connectivity index (χ2v) is 13.0. The van der Waals surface area contributed by atoms with E-state index in [0.29, 0.717) is 45.1 Å². The molecule has 0 saturated carbocycles. The van der Waals surface area contributed by atoms with E-state index in [9.17, 15) is 19.2 Å². The van der Waals surface area contributed by atoms with E-state index in [2.05, 4.69) is 38.0 Å². The summed E-state index contributed by atoms with van der Waals surface area (Å²) in [7, 11) is 4.66. The van der Waals surface area contributed by atoms with E-state index in [4.69, 9.17) is 9.68 Å². The van der Waals surface area contributed by atoms with E-state index in [1.54, 1.807) is 22.9 Å². The molecule has 3 heterocycles. The second kappa shape index (κ2) is 21.3. The molecule has 2 aliphatic rings. The van der Waals surface area contributed by atoms with Crippen LogP contribution < -0.4 is 50.3 Å². The van der Waals surface area contributed by atoms with Crippen LogP contribution in [0, 0.1) is 13.0 Å². The van der Waals surface area contributed by atoms with Crippen molar-refractivity contribution in [3.63, 3.8) is 0 Å². The number of carbonyl (C=O) groups excluding carboxylic acids is 4. The van der Waals surface area contributed by atoms with Crippen LogP contribution in [-0.4, -0.2) is 83.6 Å². The number of amides is 4. The largest absolute Gasteiger partial charge is 1.00 e. The van der Waals surface area contributed by atoms with Crippen molar-refractivity contribution in [1.82, 2.24) is 25.6 Å². The number of fused-ring (bicyclic) bond motifs is 2. The number of nitrogens with zero attached hydrogens (tertiary/aromatic N) is 3. The summed E-state index contributed by atoms with van der Waals surface area (Å²) in [4.78, 5) is 77.2. The Morgan fingerprint density at radius 2 is 1.75 bits per heavy atom. The Kier molecular flexibility index (Phi) is 17.6. The van der Waals surface area contributed by atoms with Gasteiger partial charge in [-0.25, -0.2) is 0 Å². The molecule has 5 atom stereocenters. The molecule has 51 heavy (non-hydrogen) atoms. The van der Waals surface area contributed by atoms with Gasteiger partial charge in [0.1, 0.15) is 31.3 Å². The Morgan fingerprint density at radius 3 is 2.47 bits per heavy atom. The number of piperidine rings is 1. The van der Waals surface area contributed by atoms with E-state index in [1.807, 2.05) is 45.0 Å². The predicted molar refractivity (Wildman–Crippen MR) is 187 cm³/mol. The number of carbonyl (C=O) groups is 4. The van der Waals surface area contributed by atoms with Crippen LogP contribution in [-0.2, 0) is 40.2 Å². The number of hydrogen-bond acceptors (Lipinski definition) is 9. The van der Waals surface area contributed by atoms with Crippen molar-refractivity contribution < 1.29 is 68.2 Å². The normalized spacial score (nSPS) is 22.4. The third kappa shape index (κ3) is 11.3. The van der Waals surface area contributed by atoms with Gasteiger partial charge in [0.25, 0.3) is 13.9 Å². The fraction of sp³-hybridized carbons (Fsp3) is 0.611. The number of hydrogen-bond donors (Lipinski definition) is 3. The monoisotopic (exact) mass is 720 g/mol. The van der Waals surface area contributed by atoms with Crippen LogP contribution in [0.5, 0.6) is 0 Å². The number of rotatable bonds is 16. The van der Waals surface area contributed by atoms with Gasteiger partial charge in [0, 0.05) is 24.5 Å². The Morgan fingerprint density at radius 1 is 1.00 bits per heavy atom. The maximum absolute atomic E-state index is 14.1. The molecule has 2 aromatic rings. The molecule has 4 amide bonds.